The first-order valence-electron chi connectivity index (χ1n) is 9.87. The number of hydrogen-bond acceptors (Lipinski definition) is 5. The van der Waals surface area contributed by atoms with Crippen molar-refractivity contribution in [3.8, 4) is 11.8 Å². The summed E-state index contributed by atoms with van der Waals surface area (Å²) in [7, 11) is 0. The number of nitro groups is 1. The van der Waals surface area contributed by atoms with Gasteiger partial charge in [0, 0.05) is 35.3 Å². The van der Waals surface area contributed by atoms with E-state index >= 15 is 0 Å². The highest BCUT2D eigenvalue weighted by Crippen LogP contribution is 2.54. The third-order valence-corrected chi connectivity index (χ3v) is 6.31. The molecule has 1 aliphatic heterocycles. The van der Waals surface area contributed by atoms with Gasteiger partial charge in [0.1, 0.15) is 11.3 Å². The van der Waals surface area contributed by atoms with Gasteiger partial charge in [-0.15, -0.1) is 6.58 Å². The van der Waals surface area contributed by atoms with Crippen molar-refractivity contribution in [3.63, 3.8) is 0 Å². The molecule has 0 radical (unpaired) electrons. The van der Waals surface area contributed by atoms with Crippen molar-refractivity contribution < 1.29 is 23.2 Å². The highest BCUT2D eigenvalue weighted by Gasteiger charge is 2.57. The lowest BCUT2D eigenvalue weighted by atomic mass is 9.68. The molecule has 9 heteroatoms. The van der Waals surface area contributed by atoms with E-state index in [0.717, 1.165) is 12.1 Å². The number of alkyl halides is 3. The first kappa shape index (κ1) is 23.1. The van der Waals surface area contributed by atoms with Crippen LogP contribution in [0.3, 0.4) is 0 Å². The second-order valence-corrected chi connectivity index (χ2v) is 8.30. The number of nitro benzene ring substituents is 1. The second kappa shape index (κ2) is 7.86. The minimum absolute atomic E-state index is 0.109. The Morgan fingerprint density at radius 2 is 1.97 bits per heavy atom. The maximum atomic E-state index is 13.4. The summed E-state index contributed by atoms with van der Waals surface area (Å²) in [5, 5.41) is 31.6. The summed E-state index contributed by atoms with van der Waals surface area (Å²) in [6.45, 7) is 7.37. The van der Waals surface area contributed by atoms with Gasteiger partial charge in [-0.2, -0.15) is 18.4 Å². The van der Waals surface area contributed by atoms with Gasteiger partial charge in [-0.25, -0.2) is 0 Å². The van der Waals surface area contributed by atoms with Gasteiger partial charge in [-0.1, -0.05) is 19.9 Å². The molecular formula is C23H22F3N3O3. The van der Waals surface area contributed by atoms with Crippen molar-refractivity contribution in [2.75, 3.05) is 11.4 Å². The number of aromatic hydroxyl groups is 1. The molecule has 168 valence electrons. The van der Waals surface area contributed by atoms with Crippen LogP contribution in [0.2, 0.25) is 0 Å². The van der Waals surface area contributed by atoms with Crippen LogP contribution in [0, 0.1) is 21.4 Å². The van der Waals surface area contributed by atoms with Crippen LogP contribution < -0.4 is 4.90 Å². The zero-order valence-electron chi connectivity index (χ0n) is 17.6. The molecule has 0 aromatic heterocycles. The van der Waals surface area contributed by atoms with Gasteiger partial charge in [-0.3, -0.25) is 10.1 Å². The van der Waals surface area contributed by atoms with Gasteiger partial charge in [0.25, 0.3) is 5.69 Å². The number of non-ortho nitro benzene ring substituents is 1. The number of anilines is 1. The molecule has 6 nitrogen and oxygen atoms in total. The van der Waals surface area contributed by atoms with Gasteiger partial charge >= 0.3 is 6.18 Å². The summed E-state index contributed by atoms with van der Waals surface area (Å²) >= 11 is 0. The maximum Gasteiger partial charge on any atom is 0.416 e. The maximum absolute atomic E-state index is 13.4. The highest BCUT2D eigenvalue weighted by molar-refractivity contribution is 5.70. The Bertz CT molecular complexity index is 1120. The van der Waals surface area contributed by atoms with Crippen LogP contribution in [0.4, 0.5) is 24.5 Å². The third-order valence-electron chi connectivity index (χ3n) is 6.31. The number of phenolic OH excluding ortho intramolecular Hbond substituents is 1. The molecular weight excluding hydrogens is 423 g/mol. The Balaban J connectivity index is 2.09. The SMILES string of the molecule is C=CCN1c2ccc(C(F)(F)F)cc2C(C)(C)C1(C#N)CCc1cc([N+](=O)[O-])ccc1O. The Morgan fingerprint density at radius 1 is 1.28 bits per heavy atom. The summed E-state index contributed by atoms with van der Waals surface area (Å²) in [5.41, 5.74) is -2.10. The van der Waals surface area contributed by atoms with Gasteiger partial charge in [0.15, 0.2) is 0 Å². The summed E-state index contributed by atoms with van der Waals surface area (Å²) < 4.78 is 40.1. The smallest absolute Gasteiger partial charge is 0.416 e. The molecule has 0 fully saturated rings. The lowest BCUT2D eigenvalue weighted by molar-refractivity contribution is -0.384. The molecule has 1 unspecified atom stereocenters. The van der Waals surface area contributed by atoms with Gasteiger partial charge in [0.2, 0.25) is 0 Å². The van der Waals surface area contributed by atoms with Crippen molar-refractivity contribution in [3.05, 3.63) is 75.9 Å². The molecule has 1 heterocycles. The minimum Gasteiger partial charge on any atom is -0.508 e. The number of benzene rings is 2. The molecule has 0 bridgehead atoms. The van der Waals surface area contributed by atoms with Crippen LogP contribution in [-0.4, -0.2) is 22.1 Å². The Morgan fingerprint density at radius 3 is 2.53 bits per heavy atom. The molecule has 32 heavy (non-hydrogen) atoms. The van der Waals surface area contributed by atoms with Gasteiger partial charge in [0.05, 0.1) is 16.6 Å². The fraction of sp³-hybridized carbons (Fsp3) is 0.348. The number of fused-ring (bicyclic) bond motifs is 1. The van der Waals surface area contributed by atoms with E-state index in [1.807, 2.05) is 0 Å². The molecule has 0 saturated heterocycles. The topological polar surface area (TPSA) is 90.4 Å². The van der Waals surface area contributed by atoms with Crippen LogP contribution >= 0.6 is 0 Å². The molecule has 2 aromatic rings. The fourth-order valence-corrected chi connectivity index (χ4v) is 4.50. The van der Waals surface area contributed by atoms with Crippen LogP contribution in [-0.2, 0) is 18.0 Å². The number of aryl methyl sites for hydroxylation is 1. The Labute approximate surface area is 183 Å². The first-order chi connectivity index (χ1) is 14.9. The van der Waals surface area contributed by atoms with Crippen LogP contribution in [0.15, 0.2) is 49.1 Å². The molecule has 0 amide bonds. The molecule has 3 rings (SSSR count). The average molecular weight is 445 g/mol. The number of nitriles is 1. The monoisotopic (exact) mass is 445 g/mol. The largest absolute Gasteiger partial charge is 0.508 e. The van der Waals surface area contributed by atoms with E-state index < -0.39 is 27.6 Å². The van der Waals surface area contributed by atoms with E-state index in [0.29, 0.717) is 11.3 Å². The predicted molar refractivity (Wildman–Crippen MR) is 113 cm³/mol. The normalized spacial score (nSPS) is 19.3. The predicted octanol–water partition coefficient (Wildman–Crippen LogP) is 5.50. The summed E-state index contributed by atoms with van der Waals surface area (Å²) in [4.78, 5) is 12.3. The van der Waals surface area contributed by atoms with E-state index in [2.05, 4.69) is 12.6 Å². The summed E-state index contributed by atoms with van der Waals surface area (Å²) in [6, 6.07) is 9.40. The van der Waals surface area contributed by atoms with Crippen LogP contribution in [0.25, 0.3) is 0 Å². The average Bonchev–Trinajstić information content (AvgIpc) is 2.90. The third kappa shape index (κ3) is 3.55. The Hall–Kier alpha value is -3.54. The minimum atomic E-state index is -4.53. The van der Waals surface area contributed by atoms with Crippen molar-refractivity contribution in [1.29, 1.82) is 5.26 Å². The van der Waals surface area contributed by atoms with E-state index in [9.17, 15) is 33.7 Å². The van der Waals surface area contributed by atoms with E-state index in [4.69, 9.17) is 0 Å². The molecule has 0 aliphatic carbocycles. The van der Waals surface area contributed by atoms with E-state index in [1.54, 1.807) is 24.8 Å². The van der Waals surface area contributed by atoms with Gasteiger partial charge < -0.3 is 10.0 Å². The first-order valence-corrected chi connectivity index (χ1v) is 9.87. The number of phenols is 1. The summed E-state index contributed by atoms with van der Waals surface area (Å²) in [5.74, 6) is -0.147. The highest BCUT2D eigenvalue weighted by atomic mass is 19.4. The molecule has 1 aliphatic rings. The molecule has 2 aromatic carbocycles. The summed E-state index contributed by atoms with van der Waals surface area (Å²) in [6.07, 6.45) is -2.73. The zero-order chi connectivity index (χ0) is 23.9. The standard InChI is InChI=1S/C23H22F3N3O3/c1-4-11-28-19-7-5-16(23(24,25)26)13-18(19)21(2,3)22(28,14-27)10-9-15-12-17(29(31)32)6-8-20(15)30/h4-8,12-13,30H,1,9-11H2,2-3H3. The second-order valence-electron chi connectivity index (χ2n) is 8.30. The van der Waals surface area contributed by atoms with E-state index in [1.165, 1.54) is 24.3 Å². The van der Waals surface area contributed by atoms with E-state index in [-0.39, 0.29) is 36.4 Å². The molecule has 1 N–H and O–H groups in total. The molecule has 1 atom stereocenters. The number of halogens is 3. The molecule has 0 saturated carbocycles. The number of rotatable bonds is 6. The van der Waals surface area contributed by atoms with Crippen molar-refractivity contribution in [2.24, 2.45) is 0 Å². The van der Waals surface area contributed by atoms with Crippen LogP contribution in [0.5, 0.6) is 5.75 Å². The lowest BCUT2D eigenvalue weighted by Gasteiger charge is -2.42. The lowest BCUT2D eigenvalue weighted by Crippen LogP contribution is -2.55. The van der Waals surface area contributed by atoms with Crippen molar-refractivity contribution in [1.82, 2.24) is 0 Å². The molecule has 0 spiro atoms. The fourth-order valence-electron chi connectivity index (χ4n) is 4.50. The number of nitrogens with zero attached hydrogens (tertiary/aromatic N) is 3. The van der Waals surface area contributed by atoms with Gasteiger partial charge in [-0.05, 0) is 42.7 Å². The zero-order valence-corrected chi connectivity index (χ0v) is 17.6. The Kier molecular flexibility index (Phi) is 5.68. The number of hydrogen-bond donors (Lipinski definition) is 1. The van der Waals surface area contributed by atoms with Crippen molar-refractivity contribution in [2.45, 2.75) is 43.8 Å². The van der Waals surface area contributed by atoms with Crippen molar-refractivity contribution >= 4 is 11.4 Å². The van der Waals surface area contributed by atoms with Crippen LogP contribution in [0.1, 0.15) is 37.0 Å². The quantitative estimate of drug-likeness (QED) is 0.360.